The van der Waals surface area contributed by atoms with Crippen LogP contribution in [-0.2, 0) is 9.59 Å². The van der Waals surface area contributed by atoms with Crippen LogP contribution in [0.3, 0.4) is 0 Å². The predicted molar refractivity (Wildman–Crippen MR) is 60.2 cm³/mol. The van der Waals surface area contributed by atoms with E-state index in [0.717, 1.165) is 12.8 Å². The zero-order valence-electron chi connectivity index (χ0n) is 10.2. The molecule has 17 heavy (non-hydrogen) atoms. The molecule has 1 amide bonds. The molecule has 0 bridgehead atoms. The molecule has 5 nitrogen and oxygen atoms in total. The van der Waals surface area contributed by atoms with Gasteiger partial charge in [0, 0.05) is 13.1 Å². The van der Waals surface area contributed by atoms with Gasteiger partial charge in [0.2, 0.25) is 5.91 Å². The smallest absolute Gasteiger partial charge is 0.307 e. The zero-order valence-corrected chi connectivity index (χ0v) is 10.2. The first-order chi connectivity index (χ1) is 7.85. The summed E-state index contributed by atoms with van der Waals surface area (Å²) in [7, 11) is 0. The number of hydrogen-bond acceptors (Lipinski definition) is 3. The Labute approximate surface area is 100 Å². The number of amides is 1. The molecule has 2 rings (SSSR count). The Kier molecular flexibility index (Phi) is 2.89. The SMILES string of the molecule is CC1(C)C(C(=O)O)C1C(=O)N1CCC[C@H](O)C1. The van der Waals surface area contributed by atoms with Crippen molar-refractivity contribution in [1.82, 2.24) is 4.90 Å². The van der Waals surface area contributed by atoms with Gasteiger partial charge in [-0.2, -0.15) is 0 Å². The standard InChI is InChI=1S/C12H19NO4/c1-12(2)8(9(12)11(16)17)10(15)13-5-3-4-7(14)6-13/h7-9,14H,3-6H2,1-2H3,(H,16,17)/t7-,8?,9?/m0/s1. The number of carbonyl (C=O) groups is 2. The van der Waals surface area contributed by atoms with Crippen LogP contribution in [0.5, 0.6) is 0 Å². The third-order valence-electron chi connectivity index (χ3n) is 4.07. The fourth-order valence-corrected chi connectivity index (χ4v) is 2.91. The Morgan fingerprint density at radius 1 is 1.29 bits per heavy atom. The highest BCUT2D eigenvalue weighted by molar-refractivity contribution is 5.91. The van der Waals surface area contributed by atoms with E-state index >= 15 is 0 Å². The third kappa shape index (κ3) is 2.04. The molecule has 0 aromatic rings. The molecule has 1 heterocycles. The van der Waals surface area contributed by atoms with Gasteiger partial charge in [0.25, 0.3) is 0 Å². The van der Waals surface area contributed by atoms with Crippen LogP contribution in [0.2, 0.25) is 0 Å². The van der Waals surface area contributed by atoms with Crippen molar-refractivity contribution in [1.29, 1.82) is 0 Å². The van der Waals surface area contributed by atoms with Crippen molar-refractivity contribution in [3.8, 4) is 0 Å². The molecule has 2 fully saturated rings. The zero-order chi connectivity index (χ0) is 12.8. The summed E-state index contributed by atoms with van der Waals surface area (Å²) < 4.78 is 0. The van der Waals surface area contributed by atoms with Crippen molar-refractivity contribution in [2.24, 2.45) is 17.3 Å². The van der Waals surface area contributed by atoms with Crippen molar-refractivity contribution in [2.45, 2.75) is 32.8 Å². The summed E-state index contributed by atoms with van der Waals surface area (Å²) >= 11 is 0. The van der Waals surface area contributed by atoms with Crippen LogP contribution in [0.15, 0.2) is 0 Å². The minimum absolute atomic E-state index is 0.110. The Balaban J connectivity index is 2.04. The number of aliphatic hydroxyl groups excluding tert-OH is 1. The number of likely N-dealkylation sites (tertiary alicyclic amines) is 1. The van der Waals surface area contributed by atoms with Gasteiger partial charge in [0.05, 0.1) is 17.9 Å². The van der Waals surface area contributed by atoms with Gasteiger partial charge < -0.3 is 15.1 Å². The molecule has 0 aromatic heterocycles. The molecular weight excluding hydrogens is 222 g/mol. The van der Waals surface area contributed by atoms with Crippen LogP contribution in [0, 0.1) is 17.3 Å². The van der Waals surface area contributed by atoms with Gasteiger partial charge in [-0.05, 0) is 18.3 Å². The van der Waals surface area contributed by atoms with Crippen molar-refractivity contribution >= 4 is 11.9 Å². The summed E-state index contributed by atoms with van der Waals surface area (Å²) in [4.78, 5) is 24.8. The van der Waals surface area contributed by atoms with Gasteiger partial charge in [0.1, 0.15) is 0 Å². The quantitative estimate of drug-likeness (QED) is 0.730. The highest BCUT2D eigenvalue weighted by Gasteiger charge is 2.66. The Hall–Kier alpha value is -1.10. The van der Waals surface area contributed by atoms with Crippen LogP contribution >= 0.6 is 0 Å². The van der Waals surface area contributed by atoms with Crippen LogP contribution in [0.1, 0.15) is 26.7 Å². The number of carboxylic acids is 1. The number of aliphatic carboxylic acids is 1. The molecule has 96 valence electrons. The van der Waals surface area contributed by atoms with E-state index in [1.165, 1.54) is 0 Å². The lowest BCUT2D eigenvalue weighted by atomic mass is 10.1. The maximum Gasteiger partial charge on any atom is 0.307 e. The molecule has 1 saturated carbocycles. The average Bonchev–Trinajstić information content (AvgIpc) is 2.80. The first-order valence-corrected chi connectivity index (χ1v) is 6.05. The lowest BCUT2D eigenvalue weighted by Crippen LogP contribution is -2.43. The van der Waals surface area contributed by atoms with E-state index in [2.05, 4.69) is 0 Å². The van der Waals surface area contributed by atoms with Crippen LogP contribution in [0.25, 0.3) is 0 Å². The number of hydrogen-bond donors (Lipinski definition) is 2. The van der Waals surface area contributed by atoms with Crippen LogP contribution in [-0.4, -0.2) is 46.2 Å². The number of rotatable bonds is 2. The van der Waals surface area contributed by atoms with Gasteiger partial charge in [0.15, 0.2) is 0 Å². The number of carbonyl (C=O) groups excluding carboxylic acids is 1. The normalized spacial score (nSPS) is 35.5. The Morgan fingerprint density at radius 3 is 2.41 bits per heavy atom. The predicted octanol–water partition coefficient (Wildman–Crippen LogP) is 0.326. The largest absolute Gasteiger partial charge is 0.481 e. The summed E-state index contributed by atoms with van der Waals surface area (Å²) in [6.07, 6.45) is 1.05. The second-order valence-corrected chi connectivity index (χ2v) is 5.70. The fourth-order valence-electron chi connectivity index (χ4n) is 2.91. The minimum Gasteiger partial charge on any atom is -0.481 e. The third-order valence-corrected chi connectivity index (χ3v) is 4.07. The van der Waals surface area contributed by atoms with Crippen molar-refractivity contribution < 1.29 is 19.8 Å². The number of piperidine rings is 1. The van der Waals surface area contributed by atoms with Crippen molar-refractivity contribution in [3.05, 3.63) is 0 Å². The number of carboxylic acid groups (broad SMARTS) is 1. The molecule has 2 unspecified atom stereocenters. The first kappa shape index (κ1) is 12.4. The molecule has 0 aromatic carbocycles. The average molecular weight is 241 g/mol. The van der Waals surface area contributed by atoms with Crippen LogP contribution < -0.4 is 0 Å². The number of aliphatic hydroxyl groups is 1. The van der Waals surface area contributed by atoms with Gasteiger partial charge in [-0.3, -0.25) is 9.59 Å². The maximum absolute atomic E-state index is 12.2. The van der Waals surface area contributed by atoms with E-state index in [4.69, 9.17) is 5.11 Å². The molecule has 0 radical (unpaired) electrons. The second kappa shape index (κ2) is 3.98. The summed E-state index contributed by atoms with van der Waals surface area (Å²) in [6.45, 7) is 4.61. The summed E-state index contributed by atoms with van der Waals surface area (Å²) in [5.41, 5.74) is -0.453. The lowest BCUT2D eigenvalue weighted by Gasteiger charge is -2.30. The summed E-state index contributed by atoms with van der Waals surface area (Å²) in [5, 5.41) is 18.6. The molecular formula is C12H19NO4. The van der Waals surface area contributed by atoms with E-state index in [0.29, 0.717) is 13.1 Å². The van der Waals surface area contributed by atoms with Gasteiger partial charge in [-0.15, -0.1) is 0 Å². The monoisotopic (exact) mass is 241 g/mol. The highest BCUT2D eigenvalue weighted by Crippen LogP contribution is 2.59. The second-order valence-electron chi connectivity index (χ2n) is 5.70. The van der Waals surface area contributed by atoms with E-state index in [1.54, 1.807) is 4.90 Å². The number of nitrogens with zero attached hydrogens (tertiary/aromatic N) is 1. The Bertz CT molecular complexity index is 352. The van der Waals surface area contributed by atoms with Crippen molar-refractivity contribution in [2.75, 3.05) is 13.1 Å². The molecule has 1 saturated heterocycles. The highest BCUT2D eigenvalue weighted by atomic mass is 16.4. The number of β-amino-alcohol motifs (C(OH)–C–C–N with tert-alkyl or cyclic N) is 1. The van der Waals surface area contributed by atoms with E-state index in [9.17, 15) is 14.7 Å². The molecule has 1 aliphatic heterocycles. The van der Waals surface area contributed by atoms with Gasteiger partial charge >= 0.3 is 5.97 Å². The molecule has 3 atom stereocenters. The fraction of sp³-hybridized carbons (Fsp3) is 0.833. The van der Waals surface area contributed by atoms with E-state index in [-0.39, 0.29) is 5.91 Å². The lowest BCUT2D eigenvalue weighted by molar-refractivity contribution is -0.143. The van der Waals surface area contributed by atoms with Crippen LogP contribution in [0.4, 0.5) is 0 Å². The van der Waals surface area contributed by atoms with Crippen molar-refractivity contribution in [3.63, 3.8) is 0 Å². The van der Waals surface area contributed by atoms with E-state index in [1.807, 2.05) is 13.8 Å². The topological polar surface area (TPSA) is 77.8 Å². The van der Waals surface area contributed by atoms with E-state index < -0.39 is 29.3 Å². The summed E-state index contributed by atoms with van der Waals surface area (Å²) in [6, 6.07) is 0. The minimum atomic E-state index is -0.897. The molecule has 5 heteroatoms. The summed E-state index contributed by atoms with van der Waals surface area (Å²) in [5.74, 6) is -2.01. The molecule has 1 aliphatic carbocycles. The van der Waals surface area contributed by atoms with Gasteiger partial charge in [-0.1, -0.05) is 13.8 Å². The maximum atomic E-state index is 12.2. The molecule has 2 N–H and O–H groups in total. The first-order valence-electron chi connectivity index (χ1n) is 6.05. The molecule has 0 spiro atoms. The molecule has 2 aliphatic rings. The van der Waals surface area contributed by atoms with Gasteiger partial charge in [-0.25, -0.2) is 0 Å². The Morgan fingerprint density at radius 2 is 1.94 bits per heavy atom.